The summed E-state index contributed by atoms with van der Waals surface area (Å²) in [5.74, 6) is 0.882. The Hall–Kier alpha value is -1.94. The molecule has 0 saturated carbocycles. The highest BCUT2D eigenvalue weighted by Crippen LogP contribution is 2.16. The van der Waals surface area contributed by atoms with E-state index in [1.54, 1.807) is 6.92 Å². The summed E-state index contributed by atoms with van der Waals surface area (Å²) in [7, 11) is -3.70. The minimum atomic E-state index is -3.70. The number of nitrogens with zero attached hydrogens (tertiary/aromatic N) is 4. The van der Waals surface area contributed by atoms with Crippen LogP contribution in [0.4, 0.5) is 5.82 Å². The van der Waals surface area contributed by atoms with E-state index >= 15 is 0 Å². The molecule has 116 valence electrons. The zero-order valence-electron chi connectivity index (χ0n) is 11.9. The molecule has 2 aromatic heterocycles. The summed E-state index contributed by atoms with van der Waals surface area (Å²) in [6, 6.07) is 0. The molecule has 0 spiro atoms. The summed E-state index contributed by atoms with van der Waals surface area (Å²) in [5.41, 5.74) is 5.65. The van der Waals surface area contributed by atoms with Gasteiger partial charge in [-0.2, -0.15) is 10.1 Å². The van der Waals surface area contributed by atoms with Crippen molar-refractivity contribution in [2.24, 2.45) is 0 Å². The van der Waals surface area contributed by atoms with Gasteiger partial charge in [0.25, 0.3) is 0 Å². The van der Waals surface area contributed by atoms with E-state index in [0.29, 0.717) is 24.7 Å². The Morgan fingerprint density at radius 1 is 1.48 bits per heavy atom. The van der Waals surface area contributed by atoms with Crippen LogP contribution >= 0.6 is 0 Å². The molecule has 0 amide bonds. The molecule has 0 bridgehead atoms. The molecule has 3 N–H and O–H groups in total. The fourth-order valence-electron chi connectivity index (χ4n) is 1.78. The zero-order valence-corrected chi connectivity index (χ0v) is 12.7. The van der Waals surface area contributed by atoms with Crippen molar-refractivity contribution in [2.75, 3.05) is 12.3 Å². The molecule has 0 aliphatic heterocycles. The molecule has 21 heavy (non-hydrogen) atoms. The minimum Gasteiger partial charge on any atom is -0.381 e. The van der Waals surface area contributed by atoms with Crippen LogP contribution in [0.25, 0.3) is 0 Å². The van der Waals surface area contributed by atoms with Gasteiger partial charge in [0.05, 0.1) is 0 Å². The van der Waals surface area contributed by atoms with Gasteiger partial charge in [0.2, 0.25) is 15.9 Å². The molecule has 0 aliphatic rings. The van der Waals surface area contributed by atoms with Crippen LogP contribution in [0.3, 0.4) is 0 Å². The topological polar surface area (TPSA) is 129 Å². The number of nitrogen functional groups attached to an aromatic ring is 1. The lowest BCUT2D eigenvalue weighted by atomic mass is 10.4. The van der Waals surface area contributed by atoms with Gasteiger partial charge in [-0.3, -0.25) is 4.68 Å². The number of hydrogen-bond acceptors (Lipinski definition) is 7. The van der Waals surface area contributed by atoms with Crippen molar-refractivity contribution < 1.29 is 12.9 Å². The third-order valence-electron chi connectivity index (χ3n) is 2.70. The quantitative estimate of drug-likeness (QED) is 0.740. The van der Waals surface area contributed by atoms with E-state index in [4.69, 9.17) is 10.3 Å². The van der Waals surface area contributed by atoms with Gasteiger partial charge in [-0.25, -0.2) is 13.1 Å². The highest BCUT2D eigenvalue weighted by atomic mass is 32.2. The Morgan fingerprint density at radius 3 is 2.86 bits per heavy atom. The maximum absolute atomic E-state index is 12.2. The van der Waals surface area contributed by atoms with Gasteiger partial charge in [0.1, 0.15) is 4.90 Å². The second-order valence-electron chi connectivity index (χ2n) is 4.52. The largest absolute Gasteiger partial charge is 0.381 e. The van der Waals surface area contributed by atoms with Gasteiger partial charge in [0, 0.05) is 25.7 Å². The predicted molar refractivity (Wildman–Crippen MR) is 74.9 cm³/mol. The monoisotopic (exact) mass is 314 g/mol. The summed E-state index contributed by atoms with van der Waals surface area (Å²) in [6.07, 6.45) is 2.58. The van der Waals surface area contributed by atoms with Crippen molar-refractivity contribution in [1.29, 1.82) is 0 Å². The molecule has 2 heterocycles. The lowest BCUT2D eigenvalue weighted by molar-refractivity contribution is 0.375. The second-order valence-corrected chi connectivity index (χ2v) is 6.26. The maximum Gasteiger partial charge on any atom is 0.245 e. The molecule has 2 aromatic rings. The maximum atomic E-state index is 12.2. The fourth-order valence-corrected chi connectivity index (χ4v) is 2.88. The van der Waals surface area contributed by atoms with E-state index in [2.05, 4.69) is 20.0 Å². The molecular weight excluding hydrogens is 296 g/mol. The summed E-state index contributed by atoms with van der Waals surface area (Å²) < 4.78 is 33.2. The molecule has 2 rings (SSSR count). The molecule has 0 fully saturated rings. The van der Waals surface area contributed by atoms with E-state index in [0.717, 1.165) is 6.42 Å². The van der Waals surface area contributed by atoms with E-state index in [1.807, 2.05) is 6.92 Å². The minimum absolute atomic E-state index is 0.00964. The van der Waals surface area contributed by atoms with Gasteiger partial charge in [-0.05, 0) is 13.3 Å². The van der Waals surface area contributed by atoms with Crippen molar-refractivity contribution in [1.82, 2.24) is 24.6 Å². The van der Waals surface area contributed by atoms with Gasteiger partial charge >= 0.3 is 0 Å². The standard InChI is InChI=1S/C11H18N6O3S/c1-3-6-17-7-9(11(12)15-17)21(18,19)13-5-4-10-14-8(2)16-20-10/h7,13H,3-6H2,1-2H3,(H2,12,15). The van der Waals surface area contributed by atoms with Gasteiger partial charge in [-0.1, -0.05) is 12.1 Å². The highest BCUT2D eigenvalue weighted by Gasteiger charge is 2.21. The summed E-state index contributed by atoms with van der Waals surface area (Å²) >= 11 is 0. The third kappa shape index (κ3) is 3.79. The average Bonchev–Trinajstić information content (AvgIpc) is 2.96. The van der Waals surface area contributed by atoms with Gasteiger partial charge in [0.15, 0.2) is 11.6 Å². The fraction of sp³-hybridized carbons (Fsp3) is 0.545. The van der Waals surface area contributed by atoms with Crippen LogP contribution in [-0.4, -0.2) is 34.9 Å². The first kappa shape index (κ1) is 15.4. The van der Waals surface area contributed by atoms with E-state index in [-0.39, 0.29) is 17.3 Å². The van der Waals surface area contributed by atoms with Crippen LogP contribution in [0, 0.1) is 6.92 Å². The lowest BCUT2D eigenvalue weighted by Crippen LogP contribution is -2.26. The molecular formula is C11H18N6O3S. The molecule has 0 radical (unpaired) electrons. The van der Waals surface area contributed by atoms with Crippen LogP contribution in [-0.2, 0) is 23.0 Å². The number of rotatable bonds is 7. The van der Waals surface area contributed by atoms with Crippen LogP contribution < -0.4 is 10.5 Å². The van der Waals surface area contributed by atoms with Crippen molar-refractivity contribution in [3.63, 3.8) is 0 Å². The first-order valence-electron chi connectivity index (χ1n) is 6.54. The van der Waals surface area contributed by atoms with Crippen molar-refractivity contribution in [3.8, 4) is 0 Å². The molecule has 0 atom stereocenters. The van der Waals surface area contributed by atoms with Crippen LogP contribution in [0.15, 0.2) is 15.6 Å². The predicted octanol–water partition coefficient (Wildman–Crippen LogP) is 0.0877. The van der Waals surface area contributed by atoms with Crippen molar-refractivity contribution >= 4 is 15.8 Å². The molecule has 0 aromatic carbocycles. The number of hydrogen-bond donors (Lipinski definition) is 2. The number of nitrogens with one attached hydrogen (secondary N) is 1. The highest BCUT2D eigenvalue weighted by molar-refractivity contribution is 7.89. The van der Waals surface area contributed by atoms with Gasteiger partial charge < -0.3 is 10.3 Å². The van der Waals surface area contributed by atoms with Gasteiger partial charge in [-0.15, -0.1) is 0 Å². The normalized spacial score (nSPS) is 11.9. The Balaban J connectivity index is 2.01. The smallest absolute Gasteiger partial charge is 0.245 e. The number of anilines is 1. The Morgan fingerprint density at radius 2 is 2.24 bits per heavy atom. The summed E-state index contributed by atoms with van der Waals surface area (Å²) in [6.45, 7) is 4.42. The molecule has 0 aliphatic carbocycles. The first-order valence-corrected chi connectivity index (χ1v) is 8.02. The zero-order chi connectivity index (χ0) is 15.5. The second kappa shape index (κ2) is 6.22. The molecule has 9 nitrogen and oxygen atoms in total. The average molecular weight is 314 g/mol. The van der Waals surface area contributed by atoms with E-state index in [1.165, 1.54) is 10.9 Å². The third-order valence-corrected chi connectivity index (χ3v) is 4.18. The number of aryl methyl sites for hydroxylation is 2. The lowest BCUT2D eigenvalue weighted by Gasteiger charge is -2.03. The summed E-state index contributed by atoms with van der Waals surface area (Å²) in [5, 5.41) is 7.60. The Bertz CT molecular complexity index is 705. The van der Waals surface area contributed by atoms with Crippen molar-refractivity contribution in [2.45, 2.75) is 38.1 Å². The number of nitrogens with two attached hydrogens (primary N) is 1. The Kier molecular flexibility index (Phi) is 4.58. The summed E-state index contributed by atoms with van der Waals surface area (Å²) in [4.78, 5) is 3.98. The molecule has 10 heteroatoms. The van der Waals surface area contributed by atoms with E-state index < -0.39 is 10.0 Å². The first-order chi connectivity index (χ1) is 9.92. The van der Waals surface area contributed by atoms with Crippen LogP contribution in [0.1, 0.15) is 25.1 Å². The van der Waals surface area contributed by atoms with E-state index in [9.17, 15) is 8.42 Å². The SMILES string of the molecule is CCCn1cc(S(=O)(=O)NCCc2nc(C)no2)c(N)n1. The molecule has 0 saturated heterocycles. The van der Waals surface area contributed by atoms with Crippen LogP contribution in [0.5, 0.6) is 0 Å². The Labute approximate surface area is 122 Å². The number of aromatic nitrogens is 4. The molecule has 0 unspecified atom stereocenters. The van der Waals surface area contributed by atoms with Crippen molar-refractivity contribution in [3.05, 3.63) is 17.9 Å². The van der Waals surface area contributed by atoms with Crippen LogP contribution in [0.2, 0.25) is 0 Å². The number of sulfonamides is 1.